The van der Waals surface area contributed by atoms with Gasteiger partial charge in [-0.3, -0.25) is 9.78 Å². The molecule has 0 saturated heterocycles. The number of pyridine rings is 1. The zero-order chi connectivity index (χ0) is 15.4. The van der Waals surface area contributed by atoms with Gasteiger partial charge in [0.15, 0.2) is 5.76 Å². The summed E-state index contributed by atoms with van der Waals surface area (Å²) in [5.41, 5.74) is 2.24. The van der Waals surface area contributed by atoms with Crippen molar-refractivity contribution in [2.45, 2.75) is 6.54 Å². The maximum absolute atomic E-state index is 12.3. The van der Waals surface area contributed by atoms with E-state index in [2.05, 4.69) is 26.2 Å². The fraction of sp³-hybridized carbons (Fsp3) is 0.0588. The van der Waals surface area contributed by atoms with Gasteiger partial charge in [-0.05, 0) is 46.3 Å². The van der Waals surface area contributed by atoms with Gasteiger partial charge in [0.25, 0.3) is 5.91 Å². The van der Waals surface area contributed by atoms with Crippen LogP contribution in [0.3, 0.4) is 0 Å². The third-order valence-electron chi connectivity index (χ3n) is 3.20. The second kappa shape index (κ2) is 6.58. The average molecular weight is 357 g/mol. The highest BCUT2D eigenvalue weighted by Gasteiger charge is 2.12. The number of carbonyl (C=O) groups is 1. The van der Waals surface area contributed by atoms with Crippen LogP contribution in [0, 0.1) is 0 Å². The van der Waals surface area contributed by atoms with E-state index in [0.29, 0.717) is 17.9 Å². The number of nitrogens with one attached hydrogen (secondary N) is 1. The number of benzene rings is 1. The molecule has 22 heavy (non-hydrogen) atoms. The maximum atomic E-state index is 12.3. The summed E-state index contributed by atoms with van der Waals surface area (Å²) in [6.07, 6.45) is 3.31. The van der Waals surface area contributed by atoms with E-state index in [9.17, 15) is 4.79 Å². The molecule has 0 aliphatic rings. The molecule has 2 heterocycles. The Bertz CT molecular complexity index is 785. The van der Waals surface area contributed by atoms with Crippen molar-refractivity contribution in [3.8, 4) is 11.5 Å². The van der Waals surface area contributed by atoms with Crippen molar-refractivity contribution in [1.82, 2.24) is 10.3 Å². The van der Waals surface area contributed by atoms with Crippen LogP contribution in [-0.2, 0) is 6.54 Å². The van der Waals surface area contributed by atoms with Gasteiger partial charge < -0.3 is 9.73 Å². The van der Waals surface area contributed by atoms with Crippen LogP contribution < -0.4 is 5.32 Å². The first-order valence-corrected chi connectivity index (χ1v) is 7.55. The third kappa shape index (κ3) is 3.09. The first kappa shape index (κ1) is 14.5. The fourth-order valence-corrected chi connectivity index (χ4v) is 2.60. The normalized spacial score (nSPS) is 10.4. The molecule has 0 saturated carbocycles. The lowest BCUT2D eigenvalue weighted by Gasteiger charge is -2.09. The lowest BCUT2D eigenvalue weighted by atomic mass is 10.1. The minimum absolute atomic E-state index is 0.137. The molecule has 1 amide bonds. The molecule has 0 radical (unpaired) electrons. The lowest BCUT2D eigenvalue weighted by molar-refractivity contribution is 0.0950. The molecule has 1 N–H and O–H groups in total. The quantitative estimate of drug-likeness (QED) is 0.767. The second-order valence-corrected chi connectivity index (χ2v) is 5.51. The molecule has 0 fully saturated rings. The van der Waals surface area contributed by atoms with E-state index >= 15 is 0 Å². The predicted octanol–water partition coefficient (Wildman–Crippen LogP) is 4.03. The van der Waals surface area contributed by atoms with Crippen LogP contribution in [0.4, 0.5) is 0 Å². The van der Waals surface area contributed by atoms with Crippen molar-refractivity contribution in [2.24, 2.45) is 0 Å². The zero-order valence-electron chi connectivity index (χ0n) is 11.6. The molecule has 0 atom stereocenters. The van der Waals surface area contributed by atoms with E-state index in [0.717, 1.165) is 15.7 Å². The van der Waals surface area contributed by atoms with E-state index in [1.54, 1.807) is 18.5 Å². The highest BCUT2D eigenvalue weighted by molar-refractivity contribution is 9.10. The standard InChI is InChI=1S/C17H13BrN2O2/c18-14-7-2-1-6-13(14)17(21)20-11-12-5-3-9-19-16(12)15-8-4-10-22-15/h1-10H,11H2,(H,20,21). The second-order valence-electron chi connectivity index (χ2n) is 4.65. The molecule has 0 unspecified atom stereocenters. The van der Waals surface area contributed by atoms with E-state index in [1.165, 1.54) is 0 Å². The van der Waals surface area contributed by atoms with Gasteiger partial charge in [0.1, 0.15) is 5.69 Å². The Morgan fingerprint density at radius 2 is 2.00 bits per heavy atom. The van der Waals surface area contributed by atoms with Gasteiger partial charge in [-0.15, -0.1) is 0 Å². The molecule has 110 valence electrons. The van der Waals surface area contributed by atoms with Crippen LogP contribution in [-0.4, -0.2) is 10.9 Å². The number of furan rings is 1. The zero-order valence-corrected chi connectivity index (χ0v) is 13.2. The number of hydrogen-bond acceptors (Lipinski definition) is 3. The van der Waals surface area contributed by atoms with Crippen LogP contribution in [0.25, 0.3) is 11.5 Å². The molecule has 0 aliphatic carbocycles. The molecule has 1 aromatic carbocycles. The Morgan fingerprint density at radius 3 is 2.77 bits per heavy atom. The smallest absolute Gasteiger partial charge is 0.252 e. The molecule has 2 aromatic heterocycles. The molecule has 3 rings (SSSR count). The Hall–Kier alpha value is -2.40. The van der Waals surface area contributed by atoms with Crippen LogP contribution >= 0.6 is 15.9 Å². The van der Waals surface area contributed by atoms with Gasteiger partial charge in [0, 0.05) is 22.8 Å². The van der Waals surface area contributed by atoms with E-state index < -0.39 is 0 Å². The summed E-state index contributed by atoms with van der Waals surface area (Å²) in [5, 5.41) is 2.91. The molecular formula is C17H13BrN2O2. The fourth-order valence-electron chi connectivity index (χ4n) is 2.13. The largest absolute Gasteiger partial charge is 0.463 e. The number of hydrogen-bond donors (Lipinski definition) is 1. The van der Waals surface area contributed by atoms with Gasteiger partial charge in [0.2, 0.25) is 0 Å². The maximum Gasteiger partial charge on any atom is 0.252 e. The minimum Gasteiger partial charge on any atom is -0.463 e. The SMILES string of the molecule is O=C(NCc1cccnc1-c1ccco1)c1ccccc1Br. The average Bonchev–Trinajstić information content (AvgIpc) is 3.07. The van der Waals surface area contributed by atoms with Gasteiger partial charge in [-0.1, -0.05) is 18.2 Å². The first-order chi connectivity index (χ1) is 10.8. The van der Waals surface area contributed by atoms with E-state index in [-0.39, 0.29) is 5.91 Å². The minimum atomic E-state index is -0.137. The van der Waals surface area contributed by atoms with Crippen LogP contribution in [0.5, 0.6) is 0 Å². The number of aromatic nitrogens is 1. The molecule has 0 aliphatic heterocycles. The van der Waals surface area contributed by atoms with E-state index in [1.807, 2.05) is 42.5 Å². The van der Waals surface area contributed by atoms with E-state index in [4.69, 9.17) is 4.42 Å². The molecule has 0 bridgehead atoms. The van der Waals surface area contributed by atoms with Crippen molar-refractivity contribution >= 4 is 21.8 Å². The van der Waals surface area contributed by atoms with Crippen molar-refractivity contribution in [1.29, 1.82) is 0 Å². The summed E-state index contributed by atoms with van der Waals surface area (Å²) in [7, 11) is 0. The van der Waals surface area contributed by atoms with Crippen molar-refractivity contribution in [3.05, 3.63) is 76.6 Å². The third-order valence-corrected chi connectivity index (χ3v) is 3.90. The predicted molar refractivity (Wildman–Crippen MR) is 87.3 cm³/mol. The lowest BCUT2D eigenvalue weighted by Crippen LogP contribution is -2.23. The summed E-state index contributed by atoms with van der Waals surface area (Å²) >= 11 is 3.38. The number of amides is 1. The number of carbonyl (C=O) groups excluding carboxylic acids is 1. The molecule has 3 aromatic rings. The number of halogens is 1. The molecule has 4 nitrogen and oxygen atoms in total. The first-order valence-electron chi connectivity index (χ1n) is 6.76. The highest BCUT2D eigenvalue weighted by Crippen LogP contribution is 2.21. The van der Waals surface area contributed by atoms with Gasteiger partial charge in [-0.2, -0.15) is 0 Å². The molecule has 0 spiro atoms. The van der Waals surface area contributed by atoms with Crippen molar-refractivity contribution in [3.63, 3.8) is 0 Å². The van der Waals surface area contributed by atoms with Gasteiger partial charge in [0.05, 0.1) is 11.8 Å². The summed E-state index contributed by atoms with van der Waals surface area (Å²) in [6, 6.07) is 14.7. The van der Waals surface area contributed by atoms with Crippen LogP contribution in [0.15, 0.2) is 69.9 Å². The summed E-state index contributed by atoms with van der Waals surface area (Å²) in [5.74, 6) is 0.549. The molecule has 5 heteroatoms. The van der Waals surface area contributed by atoms with Crippen molar-refractivity contribution in [2.75, 3.05) is 0 Å². The number of rotatable bonds is 4. The Labute approximate surface area is 136 Å². The summed E-state index contributed by atoms with van der Waals surface area (Å²) in [6.45, 7) is 0.379. The Balaban J connectivity index is 1.78. The summed E-state index contributed by atoms with van der Waals surface area (Å²) < 4.78 is 6.16. The van der Waals surface area contributed by atoms with Gasteiger partial charge >= 0.3 is 0 Å². The summed E-state index contributed by atoms with van der Waals surface area (Å²) in [4.78, 5) is 16.6. The monoisotopic (exact) mass is 356 g/mol. The Morgan fingerprint density at radius 1 is 1.14 bits per heavy atom. The molecular weight excluding hydrogens is 344 g/mol. The Kier molecular flexibility index (Phi) is 4.34. The van der Waals surface area contributed by atoms with Gasteiger partial charge in [-0.25, -0.2) is 0 Å². The topological polar surface area (TPSA) is 55.1 Å². The number of nitrogens with zero attached hydrogens (tertiary/aromatic N) is 1. The van der Waals surface area contributed by atoms with Crippen LogP contribution in [0.2, 0.25) is 0 Å². The highest BCUT2D eigenvalue weighted by atomic mass is 79.9. The van der Waals surface area contributed by atoms with Crippen molar-refractivity contribution < 1.29 is 9.21 Å². The van der Waals surface area contributed by atoms with Crippen LogP contribution in [0.1, 0.15) is 15.9 Å².